The second-order valence-electron chi connectivity index (χ2n) is 7.63. The quantitative estimate of drug-likeness (QED) is 0.364. The maximum atomic E-state index is 13.7. The van der Waals surface area contributed by atoms with E-state index in [1.54, 1.807) is 18.2 Å². The van der Waals surface area contributed by atoms with Gasteiger partial charge in [-0.05, 0) is 23.8 Å². The van der Waals surface area contributed by atoms with E-state index < -0.39 is 66.2 Å². The maximum Gasteiger partial charge on any atom is 0.417 e. The van der Waals surface area contributed by atoms with Gasteiger partial charge in [0.1, 0.15) is 6.61 Å². The van der Waals surface area contributed by atoms with Crippen molar-refractivity contribution in [1.29, 1.82) is 0 Å². The van der Waals surface area contributed by atoms with E-state index in [0.717, 1.165) is 17.0 Å². The monoisotopic (exact) mass is 488 g/mol. The van der Waals surface area contributed by atoms with Gasteiger partial charge < -0.3 is 14.7 Å². The number of ether oxygens (including phenoxy) is 1. The normalized spacial score (nSPS) is 17.9. The Morgan fingerprint density at radius 1 is 1.11 bits per heavy atom. The van der Waals surface area contributed by atoms with Gasteiger partial charge in [0, 0.05) is 12.6 Å². The van der Waals surface area contributed by atoms with Crippen LogP contribution in [0.5, 0.6) is 0 Å². The van der Waals surface area contributed by atoms with Crippen molar-refractivity contribution in [3.63, 3.8) is 0 Å². The summed E-state index contributed by atoms with van der Waals surface area (Å²) < 4.78 is 45.8. The second kappa shape index (κ2) is 9.50. The molecule has 0 bridgehead atoms. The third kappa shape index (κ3) is 4.68. The third-order valence-electron chi connectivity index (χ3n) is 5.57. The molecule has 2 aromatic carbocycles. The summed E-state index contributed by atoms with van der Waals surface area (Å²) in [6.45, 7) is -0.679. The van der Waals surface area contributed by atoms with E-state index in [0.29, 0.717) is 11.0 Å². The fourth-order valence-electron chi connectivity index (χ4n) is 3.73. The lowest BCUT2D eigenvalue weighted by atomic mass is 9.89. The number of aliphatic carboxylic acids is 1. The average molecular weight is 488 g/mol. The van der Waals surface area contributed by atoms with Crippen molar-refractivity contribution in [2.75, 3.05) is 18.6 Å². The minimum absolute atomic E-state index is 0.241. The fourth-order valence-corrected chi connectivity index (χ4v) is 3.73. The lowest BCUT2D eigenvalue weighted by molar-refractivity contribution is -0.152. The Morgan fingerprint density at radius 3 is 2.34 bits per heavy atom. The number of esters is 1. The number of terminal acetylenes is 1. The van der Waals surface area contributed by atoms with Crippen LogP contribution < -0.4 is 4.90 Å². The molecule has 35 heavy (non-hydrogen) atoms. The Bertz CT molecular complexity index is 1220. The van der Waals surface area contributed by atoms with E-state index in [4.69, 9.17) is 16.3 Å². The predicted molar refractivity (Wildman–Crippen MR) is 116 cm³/mol. The van der Waals surface area contributed by atoms with Crippen molar-refractivity contribution >= 4 is 29.6 Å². The van der Waals surface area contributed by atoms with Crippen molar-refractivity contribution in [2.45, 2.75) is 24.6 Å². The minimum Gasteiger partial charge on any atom is -0.481 e. The highest BCUT2D eigenvalue weighted by Crippen LogP contribution is 2.41. The number of nitrogens with zero attached hydrogens (tertiary/aromatic N) is 2. The van der Waals surface area contributed by atoms with E-state index in [-0.39, 0.29) is 11.3 Å². The summed E-state index contributed by atoms with van der Waals surface area (Å²) in [5.41, 5.74) is -3.69. The summed E-state index contributed by atoms with van der Waals surface area (Å²) in [5.74, 6) is -1.18. The molecule has 1 saturated heterocycles. The topological polar surface area (TPSA) is 104 Å². The average Bonchev–Trinajstić information content (AvgIpc) is 3.01. The van der Waals surface area contributed by atoms with Crippen LogP contribution in [0, 0.1) is 12.3 Å². The minimum atomic E-state index is -4.84. The number of rotatable bonds is 7. The van der Waals surface area contributed by atoms with E-state index >= 15 is 0 Å². The van der Waals surface area contributed by atoms with Gasteiger partial charge >= 0.3 is 24.1 Å². The molecule has 1 atom stereocenters. The third-order valence-corrected chi connectivity index (χ3v) is 5.57. The van der Waals surface area contributed by atoms with Crippen LogP contribution in [0.15, 0.2) is 48.5 Å². The molecule has 0 radical (unpaired) electrons. The van der Waals surface area contributed by atoms with Crippen molar-refractivity contribution in [3.8, 4) is 12.3 Å². The molecule has 2 aromatic rings. The van der Waals surface area contributed by atoms with Gasteiger partial charge in [-0.2, -0.15) is 13.2 Å². The van der Waals surface area contributed by atoms with E-state index in [1.165, 1.54) is 19.2 Å². The van der Waals surface area contributed by atoms with E-state index in [9.17, 15) is 32.3 Å². The van der Waals surface area contributed by atoms with E-state index in [2.05, 4.69) is 0 Å². The number of benzene rings is 2. The predicted octanol–water partition coefficient (Wildman–Crippen LogP) is 3.39. The summed E-state index contributed by atoms with van der Waals surface area (Å²) in [4.78, 5) is 51.2. The van der Waals surface area contributed by atoms with Crippen molar-refractivity contribution in [3.05, 3.63) is 65.2 Å². The second-order valence-corrected chi connectivity index (χ2v) is 7.63. The molecule has 1 aliphatic heterocycles. The van der Waals surface area contributed by atoms with Crippen molar-refractivity contribution in [2.24, 2.45) is 0 Å². The number of hydrogen-bond acceptors (Lipinski definition) is 5. The van der Waals surface area contributed by atoms with Crippen LogP contribution in [-0.2, 0) is 30.8 Å². The van der Waals surface area contributed by atoms with Gasteiger partial charge in [-0.25, -0.2) is 9.69 Å². The number of hydrogen-bond donors (Lipinski definition) is 1. The Balaban J connectivity index is 2.07. The smallest absolute Gasteiger partial charge is 0.417 e. The summed E-state index contributed by atoms with van der Waals surface area (Å²) in [7, 11) is 1.25. The molecule has 182 valence electrons. The number of carbonyl (C=O) groups excluding carboxylic acids is 3. The molecule has 0 aromatic heterocycles. The zero-order valence-electron chi connectivity index (χ0n) is 18.3. The zero-order valence-corrected chi connectivity index (χ0v) is 18.3. The number of halogens is 3. The number of imide groups is 1. The molecule has 11 heteroatoms. The molecular weight excluding hydrogens is 469 g/mol. The molecule has 0 saturated carbocycles. The SMILES string of the molecule is C#Cc1ccc(N2C(=O)N(C)[C@](COC(=O)CCC(=O)O)(c3ccccc3)C2=O)cc1C(F)(F)F. The van der Waals surface area contributed by atoms with Crippen LogP contribution in [0.2, 0.25) is 0 Å². The molecule has 1 fully saturated rings. The highest BCUT2D eigenvalue weighted by Gasteiger charge is 2.58. The molecule has 1 heterocycles. The fraction of sp³-hybridized carbons (Fsp3) is 0.250. The molecule has 1 aliphatic rings. The van der Waals surface area contributed by atoms with Gasteiger partial charge in [0.25, 0.3) is 5.91 Å². The zero-order chi connectivity index (χ0) is 26.0. The van der Waals surface area contributed by atoms with Gasteiger partial charge in [0.2, 0.25) is 0 Å². The molecule has 1 N–H and O–H groups in total. The molecular formula is C24H19F3N2O6. The van der Waals surface area contributed by atoms with Crippen LogP contribution in [0.1, 0.15) is 29.5 Å². The first-order valence-electron chi connectivity index (χ1n) is 10.2. The number of amides is 3. The van der Waals surface area contributed by atoms with Gasteiger partial charge in [0.15, 0.2) is 5.54 Å². The lowest BCUT2D eigenvalue weighted by Crippen LogP contribution is -2.49. The standard InChI is InChI=1S/C24H19F3N2O6/c1-3-15-9-10-17(13-18(15)24(25,26)27)29-21(33)23(28(2)22(29)34,16-7-5-4-6-8-16)14-35-20(32)12-11-19(30)31/h1,4-10,13H,11-12,14H2,2H3,(H,30,31)/t23-/m1/s1. The summed E-state index contributed by atoms with van der Waals surface area (Å²) >= 11 is 0. The maximum absolute atomic E-state index is 13.7. The first kappa shape index (κ1) is 25.3. The lowest BCUT2D eigenvalue weighted by Gasteiger charge is -2.32. The highest BCUT2D eigenvalue weighted by atomic mass is 19.4. The van der Waals surface area contributed by atoms with Crippen molar-refractivity contribution < 1.29 is 42.2 Å². The van der Waals surface area contributed by atoms with E-state index in [1.807, 2.05) is 5.92 Å². The summed E-state index contributed by atoms with van der Waals surface area (Å²) in [6, 6.07) is 9.53. The number of carbonyl (C=O) groups is 4. The van der Waals surface area contributed by atoms with Crippen LogP contribution in [0.25, 0.3) is 0 Å². The van der Waals surface area contributed by atoms with Gasteiger partial charge in [0.05, 0.1) is 24.1 Å². The Morgan fingerprint density at radius 2 is 1.77 bits per heavy atom. The molecule has 8 nitrogen and oxygen atoms in total. The Kier molecular flexibility index (Phi) is 6.87. The first-order valence-corrected chi connectivity index (χ1v) is 10.2. The van der Waals surface area contributed by atoms with Crippen molar-refractivity contribution in [1.82, 2.24) is 4.90 Å². The number of carboxylic acids is 1. The number of alkyl halides is 3. The Hall–Kier alpha value is -4.33. The molecule has 0 spiro atoms. The van der Waals surface area contributed by atoms with Crippen LogP contribution in [0.3, 0.4) is 0 Å². The molecule has 3 rings (SSSR count). The molecule has 3 amide bonds. The largest absolute Gasteiger partial charge is 0.481 e. The van der Waals surface area contributed by atoms with Gasteiger partial charge in [-0.15, -0.1) is 6.42 Å². The summed E-state index contributed by atoms with van der Waals surface area (Å²) in [5, 5.41) is 8.75. The molecule has 0 unspecified atom stereocenters. The highest BCUT2D eigenvalue weighted by molar-refractivity contribution is 6.23. The van der Waals surface area contributed by atoms with Crippen LogP contribution in [0.4, 0.5) is 23.7 Å². The van der Waals surface area contributed by atoms with Gasteiger partial charge in [-0.1, -0.05) is 36.3 Å². The Labute approximate surface area is 197 Å². The molecule has 0 aliphatic carbocycles. The number of likely N-dealkylation sites (N-methyl/N-ethyl adjacent to an activating group) is 1. The summed E-state index contributed by atoms with van der Waals surface area (Å²) in [6.07, 6.45) is -0.655. The van der Waals surface area contributed by atoms with Crippen LogP contribution >= 0.6 is 0 Å². The first-order chi connectivity index (χ1) is 16.4. The van der Waals surface area contributed by atoms with Crippen LogP contribution in [-0.4, -0.2) is 47.5 Å². The number of carboxylic acid groups (broad SMARTS) is 1. The number of anilines is 1. The number of urea groups is 1. The van der Waals surface area contributed by atoms with Gasteiger partial charge in [-0.3, -0.25) is 14.4 Å².